The van der Waals surface area contributed by atoms with Gasteiger partial charge in [-0.2, -0.15) is 0 Å². The lowest BCUT2D eigenvalue weighted by molar-refractivity contribution is -0.111. The minimum absolute atomic E-state index is 0.0334. The average Bonchev–Trinajstić information content (AvgIpc) is 3.55. The summed E-state index contributed by atoms with van der Waals surface area (Å²) in [7, 11) is -2.05. The van der Waals surface area contributed by atoms with E-state index in [1.54, 1.807) is 57.2 Å². The highest BCUT2D eigenvalue weighted by molar-refractivity contribution is 7.89. The topological polar surface area (TPSA) is 123 Å². The van der Waals surface area contributed by atoms with E-state index in [9.17, 15) is 18.0 Å². The lowest BCUT2D eigenvalue weighted by Gasteiger charge is -2.20. The number of carbonyl (C=O) groups is 2. The van der Waals surface area contributed by atoms with Crippen molar-refractivity contribution in [3.8, 4) is 5.75 Å². The summed E-state index contributed by atoms with van der Waals surface area (Å²) in [6, 6.07) is 11.1. The van der Waals surface area contributed by atoms with Gasteiger partial charge in [-0.15, -0.1) is 0 Å². The molecule has 2 amide bonds. The quantitative estimate of drug-likeness (QED) is 0.481. The molecule has 0 bridgehead atoms. The SMILES string of the molecule is COc1ccc(NC(=O)/C=C/c2ccc(S(=O)(=O)NC3CC3)cc2)cc1NC(=O)OC(C)(C)C. The zero-order chi connectivity index (χ0) is 24.9. The fourth-order valence-corrected chi connectivity index (χ4v) is 4.20. The van der Waals surface area contributed by atoms with Crippen LogP contribution >= 0.6 is 0 Å². The van der Waals surface area contributed by atoms with Crippen molar-refractivity contribution in [1.82, 2.24) is 4.72 Å². The second kappa shape index (κ2) is 10.3. The highest BCUT2D eigenvalue weighted by Gasteiger charge is 2.27. The fraction of sp³-hybridized carbons (Fsp3) is 0.333. The Bertz CT molecular complexity index is 1180. The highest BCUT2D eigenvalue weighted by atomic mass is 32.2. The second-order valence-corrected chi connectivity index (χ2v) is 10.5. The average molecular weight is 488 g/mol. The Morgan fingerprint density at radius 2 is 1.71 bits per heavy atom. The summed E-state index contributed by atoms with van der Waals surface area (Å²) in [5.74, 6) is 0.00565. The maximum Gasteiger partial charge on any atom is 0.412 e. The number of sulfonamides is 1. The van der Waals surface area contributed by atoms with Gasteiger partial charge < -0.3 is 14.8 Å². The number of rotatable bonds is 8. The van der Waals surface area contributed by atoms with Gasteiger partial charge in [0, 0.05) is 17.8 Å². The van der Waals surface area contributed by atoms with E-state index in [4.69, 9.17) is 9.47 Å². The molecule has 1 aliphatic rings. The van der Waals surface area contributed by atoms with Gasteiger partial charge in [0.1, 0.15) is 11.4 Å². The molecular weight excluding hydrogens is 458 g/mol. The summed E-state index contributed by atoms with van der Waals surface area (Å²) in [5, 5.41) is 5.32. The third-order valence-corrected chi connectivity index (χ3v) is 6.16. The number of ether oxygens (including phenoxy) is 2. The molecule has 0 spiro atoms. The normalized spacial score (nSPS) is 14.0. The molecule has 2 aromatic carbocycles. The molecule has 0 heterocycles. The number of hydrogen-bond acceptors (Lipinski definition) is 6. The van der Waals surface area contributed by atoms with Crippen molar-refractivity contribution in [1.29, 1.82) is 0 Å². The summed E-state index contributed by atoms with van der Waals surface area (Å²) in [6.45, 7) is 5.26. The monoisotopic (exact) mass is 487 g/mol. The second-order valence-electron chi connectivity index (χ2n) is 8.83. The van der Waals surface area contributed by atoms with E-state index >= 15 is 0 Å². The molecule has 2 aromatic rings. The number of amides is 2. The first kappa shape index (κ1) is 25.3. The van der Waals surface area contributed by atoms with Crippen LogP contribution in [0, 0.1) is 0 Å². The lowest BCUT2D eigenvalue weighted by atomic mass is 10.2. The molecule has 0 aliphatic heterocycles. The van der Waals surface area contributed by atoms with Crippen LogP contribution in [0.3, 0.4) is 0 Å². The molecule has 182 valence electrons. The number of hydrogen-bond donors (Lipinski definition) is 3. The minimum atomic E-state index is -3.52. The highest BCUT2D eigenvalue weighted by Crippen LogP contribution is 2.28. The van der Waals surface area contributed by atoms with E-state index in [0.717, 1.165) is 12.8 Å². The summed E-state index contributed by atoms with van der Waals surface area (Å²) >= 11 is 0. The zero-order valence-corrected chi connectivity index (χ0v) is 20.4. The van der Waals surface area contributed by atoms with Crippen LogP contribution in [-0.4, -0.2) is 39.2 Å². The van der Waals surface area contributed by atoms with Crippen molar-refractivity contribution in [2.75, 3.05) is 17.7 Å². The van der Waals surface area contributed by atoms with E-state index in [2.05, 4.69) is 15.4 Å². The van der Waals surface area contributed by atoms with Gasteiger partial charge in [0.2, 0.25) is 15.9 Å². The summed E-state index contributed by atoms with van der Waals surface area (Å²) in [4.78, 5) is 24.7. The Hall–Kier alpha value is -3.37. The van der Waals surface area contributed by atoms with Crippen molar-refractivity contribution < 1.29 is 27.5 Å². The molecule has 3 rings (SSSR count). The van der Waals surface area contributed by atoms with Crippen molar-refractivity contribution in [2.45, 2.75) is 50.2 Å². The van der Waals surface area contributed by atoms with E-state index in [1.165, 1.54) is 25.3 Å². The molecule has 0 unspecified atom stereocenters. The first-order chi connectivity index (χ1) is 15.9. The summed E-state index contributed by atoms with van der Waals surface area (Å²) < 4.78 is 37.6. The van der Waals surface area contributed by atoms with Crippen LogP contribution in [0.1, 0.15) is 39.2 Å². The van der Waals surface area contributed by atoms with Gasteiger partial charge in [-0.3, -0.25) is 10.1 Å². The molecule has 9 nitrogen and oxygen atoms in total. The Balaban J connectivity index is 1.63. The number of anilines is 2. The third kappa shape index (κ3) is 7.60. The van der Waals surface area contributed by atoms with E-state index in [1.807, 2.05) is 0 Å². The predicted octanol–water partition coefficient (Wildman–Crippen LogP) is 4.13. The van der Waals surface area contributed by atoms with Gasteiger partial charge >= 0.3 is 6.09 Å². The molecule has 1 fully saturated rings. The van der Waals surface area contributed by atoms with Crippen LogP contribution in [0.15, 0.2) is 53.4 Å². The van der Waals surface area contributed by atoms with Crippen LogP contribution in [0.5, 0.6) is 5.75 Å². The predicted molar refractivity (Wildman–Crippen MR) is 130 cm³/mol. The van der Waals surface area contributed by atoms with Crippen LogP contribution in [0.25, 0.3) is 6.08 Å². The smallest absolute Gasteiger partial charge is 0.412 e. The van der Waals surface area contributed by atoms with Crippen LogP contribution < -0.4 is 20.1 Å². The van der Waals surface area contributed by atoms with Crippen LogP contribution in [0.4, 0.5) is 16.2 Å². The molecule has 0 atom stereocenters. The zero-order valence-electron chi connectivity index (χ0n) is 19.5. The third-order valence-electron chi connectivity index (χ3n) is 4.62. The molecule has 1 saturated carbocycles. The van der Waals surface area contributed by atoms with Crippen molar-refractivity contribution >= 4 is 39.5 Å². The first-order valence-electron chi connectivity index (χ1n) is 10.7. The number of nitrogens with one attached hydrogen (secondary N) is 3. The van der Waals surface area contributed by atoms with Crippen molar-refractivity contribution in [3.63, 3.8) is 0 Å². The van der Waals surface area contributed by atoms with E-state index < -0.39 is 27.6 Å². The molecule has 1 aliphatic carbocycles. The van der Waals surface area contributed by atoms with Gasteiger partial charge in [-0.25, -0.2) is 17.9 Å². The largest absolute Gasteiger partial charge is 0.495 e. The molecule has 0 saturated heterocycles. The van der Waals surface area contributed by atoms with E-state index in [-0.39, 0.29) is 10.9 Å². The van der Waals surface area contributed by atoms with Crippen LogP contribution in [0.2, 0.25) is 0 Å². The van der Waals surface area contributed by atoms with Crippen molar-refractivity contribution in [3.05, 3.63) is 54.1 Å². The molecule has 34 heavy (non-hydrogen) atoms. The lowest BCUT2D eigenvalue weighted by Crippen LogP contribution is -2.27. The van der Waals surface area contributed by atoms with E-state index in [0.29, 0.717) is 22.7 Å². The number of methoxy groups -OCH3 is 1. The first-order valence-corrected chi connectivity index (χ1v) is 12.2. The van der Waals surface area contributed by atoms with Crippen molar-refractivity contribution in [2.24, 2.45) is 0 Å². The molecule has 0 aromatic heterocycles. The molecule has 10 heteroatoms. The summed E-state index contributed by atoms with van der Waals surface area (Å²) in [6.07, 6.45) is 3.98. The standard InChI is InChI=1S/C24H29N3O6S/c1-24(2,3)33-23(29)26-20-15-18(10-13-21(20)32-4)25-22(28)14-7-16-5-11-19(12-6-16)34(30,31)27-17-8-9-17/h5-7,10-15,17,27H,8-9H2,1-4H3,(H,25,28)(H,26,29)/b14-7+. The Labute approximate surface area is 199 Å². The molecule has 0 radical (unpaired) electrons. The number of carbonyl (C=O) groups excluding carboxylic acids is 2. The molecular formula is C24H29N3O6S. The fourth-order valence-electron chi connectivity index (χ4n) is 2.90. The Morgan fingerprint density at radius 1 is 1.03 bits per heavy atom. The maximum absolute atomic E-state index is 12.4. The van der Waals surface area contributed by atoms with Crippen LogP contribution in [-0.2, 0) is 19.6 Å². The van der Waals surface area contributed by atoms with Gasteiger partial charge in [-0.1, -0.05) is 12.1 Å². The van der Waals surface area contributed by atoms with Gasteiger partial charge in [-0.05, 0) is 75.6 Å². The summed E-state index contributed by atoms with van der Waals surface area (Å²) in [5.41, 5.74) is 0.788. The van der Waals surface area contributed by atoms with Gasteiger partial charge in [0.15, 0.2) is 0 Å². The minimum Gasteiger partial charge on any atom is -0.495 e. The number of benzene rings is 2. The maximum atomic E-state index is 12.4. The Morgan fingerprint density at radius 3 is 2.29 bits per heavy atom. The Kier molecular flexibility index (Phi) is 7.63. The molecule has 3 N–H and O–H groups in total. The van der Waals surface area contributed by atoms with Gasteiger partial charge in [0.05, 0.1) is 17.7 Å². The van der Waals surface area contributed by atoms with Gasteiger partial charge in [0.25, 0.3) is 0 Å².